The van der Waals surface area contributed by atoms with Crippen molar-refractivity contribution in [3.8, 4) is 0 Å². The lowest BCUT2D eigenvalue weighted by molar-refractivity contribution is 0.287. The van der Waals surface area contributed by atoms with Crippen LogP contribution in [0, 0.1) is 11.8 Å². The molecular weight excluding hydrogens is 1850 g/mol. The average molecular weight is 1910 g/mol. The van der Waals surface area contributed by atoms with Crippen LogP contribution in [0.2, 0.25) is 0 Å². The molecule has 0 aromatic carbocycles. The first kappa shape index (κ1) is 91.8. The molecule has 3 rings (SSSR count). The molecular formula is C30H57NO2S45. The summed E-state index contributed by atoms with van der Waals surface area (Å²) in [6, 6.07) is 5.91. The number of aliphatic hydroxyl groups excluding tert-OH is 2. The van der Waals surface area contributed by atoms with Crippen LogP contribution in [0.25, 0.3) is 0 Å². The van der Waals surface area contributed by atoms with Crippen molar-refractivity contribution in [2.45, 2.75) is 127 Å². The van der Waals surface area contributed by atoms with Crippen LogP contribution in [0.1, 0.15) is 111 Å². The number of pyridine rings is 1. The highest BCUT2D eigenvalue weighted by Crippen LogP contribution is 2.38. The second-order valence-electron chi connectivity index (χ2n) is 12.5. The predicted molar refractivity (Wildman–Crippen MR) is 478 cm³/mol. The zero-order valence-corrected chi connectivity index (χ0v) is 76.4. The van der Waals surface area contributed by atoms with Gasteiger partial charge in [0.1, 0.15) is 5.03 Å². The van der Waals surface area contributed by atoms with Gasteiger partial charge in [-0.25, -0.2) is 4.98 Å². The second kappa shape index (κ2) is 82.7. The quantitative estimate of drug-likeness (QED) is 0.0949. The van der Waals surface area contributed by atoms with Gasteiger partial charge in [0.05, 0.1) is 0 Å². The molecule has 1 aromatic rings. The van der Waals surface area contributed by atoms with Crippen LogP contribution in [0.4, 0.5) is 0 Å². The highest BCUT2D eigenvalue weighted by Gasteiger charge is 2.20. The van der Waals surface area contributed by atoms with E-state index in [4.69, 9.17) is 32.6 Å². The first-order chi connectivity index (χ1) is 38.0. The van der Waals surface area contributed by atoms with Gasteiger partial charge in [-0.1, -0.05) is 98.2 Å². The molecule has 0 saturated heterocycles. The summed E-state index contributed by atoms with van der Waals surface area (Å²) in [7, 11) is 71.3. The molecule has 0 spiro atoms. The minimum atomic E-state index is 0. The Morgan fingerprint density at radius 3 is 1.04 bits per heavy atom. The lowest BCUT2D eigenvalue weighted by Crippen LogP contribution is -2.16. The molecule has 2 aliphatic rings. The molecule has 2 aliphatic carbocycles. The smallest absolute Gasteiger partial charge is 0.106 e. The molecule has 1 aromatic heterocycles. The van der Waals surface area contributed by atoms with E-state index in [2.05, 4.69) is 64.6 Å². The maximum atomic E-state index is 8.66. The van der Waals surface area contributed by atoms with E-state index in [-0.39, 0.29) is 7.43 Å². The van der Waals surface area contributed by atoms with Crippen molar-refractivity contribution >= 4 is 420 Å². The Bertz CT molecular complexity index is 3280. The van der Waals surface area contributed by atoms with Crippen molar-refractivity contribution in [1.29, 1.82) is 0 Å². The Hall–Kier alpha value is 9.62. The van der Waals surface area contributed by atoms with Gasteiger partial charge in [-0.2, -0.15) is 12.6 Å². The molecule has 48 heteroatoms. The van der Waals surface area contributed by atoms with Gasteiger partial charge >= 0.3 is 0 Å². The summed E-state index contributed by atoms with van der Waals surface area (Å²) in [6.07, 6.45) is 20.3. The van der Waals surface area contributed by atoms with Crippen LogP contribution in [0.5, 0.6) is 0 Å². The SMILES string of the molecule is C.CC(S)C1CCCCC1.CC(SSCCCCO)C1CCCCC1.OCCCCSSc1ccccn1.S=S.S=S=S=S=S=S=S=S=S=S=S=S=S=S=S=S=S=S=S=S=S=S=S=S=S=S=S=S=S=S=S=S=S=S=S=S=S=S. The number of hydrogen-bond acceptors (Lipinski definition) is 12. The van der Waals surface area contributed by atoms with E-state index < -0.39 is 0 Å². The number of nitrogens with zero attached hydrogens (tertiary/aromatic N) is 1. The number of unbranched alkanes of at least 4 members (excludes halogenated alkanes) is 2. The molecule has 0 bridgehead atoms. The molecule has 2 saturated carbocycles. The molecule has 0 amide bonds. The van der Waals surface area contributed by atoms with Gasteiger partial charge in [-0.15, -0.1) is 0 Å². The van der Waals surface area contributed by atoms with Crippen molar-refractivity contribution in [2.24, 2.45) is 11.8 Å². The van der Waals surface area contributed by atoms with Gasteiger partial charge in [0.2, 0.25) is 0 Å². The molecule has 2 atom stereocenters. The van der Waals surface area contributed by atoms with Gasteiger partial charge < -0.3 is 10.2 Å². The van der Waals surface area contributed by atoms with Gasteiger partial charge in [0.15, 0.2) is 0 Å². The van der Waals surface area contributed by atoms with E-state index in [0.717, 1.165) is 53.5 Å². The summed E-state index contributed by atoms with van der Waals surface area (Å²) < 4.78 is 0. The number of thiol groups is 1. The monoisotopic (exact) mass is 1900 g/mol. The third kappa shape index (κ3) is 74.7. The van der Waals surface area contributed by atoms with Crippen molar-refractivity contribution in [2.75, 3.05) is 24.7 Å². The first-order valence-corrected chi connectivity index (χ1v) is 76.7. The minimum absolute atomic E-state index is 0. The summed E-state index contributed by atoms with van der Waals surface area (Å²) in [6.45, 7) is 5.26. The molecule has 78 heavy (non-hydrogen) atoms. The van der Waals surface area contributed by atoms with Crippen LogP contribution in [-0.2, 0) is 364 Å². The first-order valence-electron chi connectivity index (χ1n) is 20.8. The van der Waals surface area contributed by atoms with Crippen LogP contribution < -0.4 is 0 Å². The largest absolute Gasteiger partial charge is 0.396 e. The predicted octanol–water partition coefficient (Wildman–Crippen LogP) is 10.1. The van der Waals surface area contributed by atoms with E-state index >= 15 is 0 Å². The lowest BCUT2D eigenvalue weighted by atomic mass is 9.87. The third-order valence-corrected chi connectivity index (χ3v) is 91.5. The van der Waals surface area contributed by atoms with Crippen LogP contribution in [0.3, 0.4) is 0 Å². The van der Waals surface area contributed by atoms with E-state index in [0.29, 0.717) is 18.5 Å². The molecule has 2 N–H and O–H groups in total. The van der Waals surface area contributed by atoms with E-state index in [1.165, 1.54) is 87.7 Å². The van der Waals surface area contributed by atoms with Gasteiger partial charge in [0.25, 0.3) is 0 Å². The fourth-order valence-corrected chi connectivity index (χ4v) is 103. The van der Waals surface area contributed by atoms with Crippen molar-refractivity contribution in [3.05, 3.63) is 24.4 Å². The van der Waals surface area contributed by atoms with Crippen LogP contribution >= 0.6 is 55.8 Å². The lowest BCUT2D eigenvalue weighted by Gasteiger charge is -2.26. The molecule has 0 radical (unpaired) electrons. The fraction of sp³-hybridized carbons (Fsp3) is 0.833. The number of aliphatic hydroxyl groups is 2. The topological polar surface area (TPSA) is 53.4 Å². The Morgan fingerprint density at radius 1 is 0.462 bits per heavy atom. The summed E-state index contributed by atoms with van der Waals surface area (Å²) in [5.41, 5.74) is 0. The zero-order chi connectivity index (χ0) is 56.4. The van der Waals surface area contributed by atoms with Gasteiger partial charge in [-0.05, 0) is 86.1 Å². The highest BCUT2D eigenvalue weighted by molar-refractivity contribution is 8.81. The Kier molecular flexibility index (Phi) is 97.4. The van der Waals surface area contributed by atoms with E-state index in [9.17, 15) is 0 Å². The summed E-state index contributed by atoms with van der Waals surface area (Å²) >= 11 is 21.4. The number of rotatable bonds is 14. The van der Waals surface area contributed by atoms with Crippen LogP contribution in [-0.4, -0.2) is 50.4 Å². The molecule has 1 heterocycles. The fourth-order valence-electron chi connectivity index (χ4n) is 4.88. The second-order valence-corrected chi connectivity index (χ2v) is 82.3. The molecule has 0 aliphatic heterocycles. The normalized spacial score (nSPS) is 12.4. The van der Waals surface area contributed by atoms with E-state index in [1.54, 1.807) is 134 Å². The maximum absolute atomic E-state index is 8.66. The van der Waals surface area contributed by atoms with E-state index in [1.807, 2.05) is 224 Å². The number of hydrogen-bond donors (Lipinski definition) is 3. The third-order valence-electron chi connectivity index (χ3n) is 7.89. The van der Waals surface area contributed by atoms with Crippen LogP contribution in [0.15, 0.2) is 29.4 Å². The average Bonchev–Trinajstić information content (AvgIpc) is 3.47. The van der Waals surface area contributed by atoms with Crippen molar-refractivity contribution in [1.82, 2.24) is 4.98 Å². The standard InChI is InChI=1S/C12H24OS2.C9H13NOS2.C8H16S.CH4.S38.S2/c1-11(12-7-3-2-4-8-12)15-14-10-6-5-9-13;11-7-3-4-8-12-13-9-5-1-2-6-10-9;1-7(9)8-5-3-2-4-6-8;;1-3-5-7-9-11-13-15-17-19-21-23-25-27-29-31-33-35-37-38-36-34-32-30-28-26-24-22-20-18-16-14-12-10-8-6-4-2;1-2/h11-13H,2-10H2,1H3;1-2,5-6,11H,3-4,7-8H2;7-9H,2-6H2,1H3;1H4;;. The number of aromatic nitrogens is 1. The zero-order valence-electron chi connectivity index (χ0n) is 39.6. The van der Waals surface area contributed by atoms with Gasteiger partial charge in [-0.3, -0.25) is 0 Å². The molecule has 3 nitrogen and oxygen atoms in total. The minimum Gasteiger partial charge on any atom is -0.396 e. The molecule has 2 fully saturated rings. The summed E-state index contributed by atoms with van der Waals surface area (Å²) in [5.74, 6) is 4.15. The maximum Gasteiger partial charge on any atom is 0.106 e. The highest BCUT2D eigenvalue weighted by atomic mass is 33.5. The summed E-state index contributed by atoms with van der Waals surface area (Å²) in [4.78, 5) is 4.19. The molecule has 2 unspecified atom stereocenters. The van der Waals surface area contributed by atoms with Crippen molar-refractivity contribution < 1.29 is 10.2 Å². The Labute approximate surface area is 609 Å². The van der Waals surface area contributed by atoms with Crippen molar-refractivity contribution in [3.63, 3.8) is 0 Å². The summed E-state index contributed by atoms with van der Waals surface area (Å²) in [5, 5.41) is 19.7. The van der Waals surface area contributed by atoms with Gasteiger partial charge in [0, 0.05) is 406 Å². The Morgan fingerprint density at radius 2 is 0.769 bits per heavy atom. The molecule has 464 valence electrons. The Balaban J connectivity index is -0.00000113.